The second kappa shape index (κ2) is 11.7. The Morgan fingerprint density at radius 2 is 1.69 bits per heavy atom. The maximum atomic E-state index is 13.6. The third-order valence-corrected chi connectivity index (χ3v) is 5.57. The summed E-state index contributed by atoms with van der Waals surface area (Å²) >= 11 is 0. The van der Waals surface area contributed by atoms with Crippen LogP contribution in [0.15, 0.2) is 54.6 Å². The topological polar surface area (TPSA) is 125 Å². The number of hydrogen-bond donors (Lipinski definition) is 4. The number of benzene rings is 2. The molecule has 186 valence electrons. The zero-order chi connectivity index (χ0) is 25.5. The molecule has 4 N–H and O–H groups in total. The summed E-state index contributed by atoms with van der Waals surface area (Å²) in [5, 5.41) is 32.0. The van der Waals surface area contributed by atoms with Crippen molar-refractivity contribution in [3.63, 3.8) is 0 Å². The molecule has 0 spiro atoms. The highest BCUT2D eigenvalue weighted by atomic mass is 19.1. The molecule has 1 amide bonds. The van der Waals surface area contributed by atoms with Gasteiger partial charge >= 0.3 is 5.97 Å². The van der Waals surface area contributed by atoms with E-state index in [0.29, 0.717) is 29.2 Å². The zero-order valence-corrected chi connectivity index (χ0v) is 19.7. The maximum Gasteiger partial charge on any atom is 0.305 e. The van der Waals surface area contributed by atoms with E-state index in [0.717, 1.165) is 5.69 Å². The fourth-order valence-electron chi connectivity index (χ4n) is 3.97. The van der Waals surface area contributed by atoms with Gasteiger partial charge in [0.25, 0.3) is 5.91 Å². The van der Waals surface area contributed by atoms with Crippen molar-refractivity contribution in [3.8, 4) is 11.3 Å². The number of aliphatic hydroxyl groups excluding tert-OH is 2. The number of hydrogen-bond acceptors (Lipinski definition) is 5. The van der Waals surface area contributed by atoms with Gasteiger partial charge in [0.15, 0.2) is 0 Å². The first kappa shape index (κ1) is 26.1. The predicted molar refractivity (Wildman–Crippen MR) is 130 cm³/mol. The van der Waals surface area contributed by atoms with E-state index in [4.69, 9.17) is 5.11 Å². The van der Waals surface area contributed by atoms with E-state index in [2.05, 4.69) is 10.3 Å². The van der Waals surface area contributed by atoms with Crippen molar-refractivity contribution in [1.29, 1.82) is 0 Å². The molecule has 3 aromatic rings. The molecule has 2 aromatic carbocycles. The minimum atomic E-state index is -1.16. The molecule has 2 atom stereocenters. The monoisotopic (exact) mass is 483 g/mol. The smallest absolute Gasteiger partial charge is 0.305 e. The van der Waals surface area contributed by atoms with Crippen LogP contribution in [0.1, 0.15) is 55.2 Å². The highest BCUT2D eigenvalue weighted by molar-refractivity contribution is 6.03. The Kier molecular flexibility index (Phi) is 8.73. The minimum Gasteiger partial charge on any atom is -0.481 e. The van der Waals surface area contributed by atoms with E-state index in [1.165, 1.54) is 12.1 Å². The lowest BCUT2D eigenvalue weighted by molar-refractivity contribution is -0.139. The van der Waals surface area contributed by atoms with E-state index < -0.39 is 24.6 Å². The van der Waals surface area contributed by atoms with Gasteiger partial charge < -0.3 is 19.9 Å². The molecule has 3 rings (SSSR count). The summed E-state index contributed by atoms with van der Waals surface area (Å²) in [6.07, 6.45) is -2.06. The third kappa shape index (κ3) is 6.97. The lowest BCUT2D eigenvalue weighted by Gasteiger charge is -2.19. The summed E-state index contributed by atoms with van der Waals surface area (Å²) in [5.74, 6) is -1.53. The molecule has 0 aliphatic carbocycles. The number of imidazole rings is 1. The Balaban J connectivity index is 1.93. The van der Waals surface area contributed by atoms with Crippen molar-refractivity contribution in [3.05, 3.63) is 71.7 Å². The summed E-state index contributed by atoms with van der Waals surface area (Å²) in [5.41, 5.74) is 2.39. The van der Waals surface area contributed by atoms with E-state index in [1.54, 1.807) is 36.4 Å². The number of nitrogens with one attached hydrogen (secondary N) is 1. The molecule has 0 radical (unpaired) electrons. The van der Waals surface area contributed by atoms with E-state index in [1.807, 2.05) is 24.5 Å². The molecule has 0 bridgehead atoms. The first-order chi connectivity index (χ1) is 16.7. The number of carbonyl (C=O) groups excluding carboxylic acids is 1. The summed E-state index contributed by atoms with van der Waals surface area (Å²) in [4.78, 5) is 28.3. The van der Waals surface area contributed by atoms with Gasteiger partial charge in [0.2, 0.25) is 5.95 Å². The molecule has 0 fully saturated rings. The molecule has 0 aliphatic heterocycles. The van der Waals surface area contributed by atoms with Crippen molar-refractivity contribution >= 4 is 17.8 Å². The summed E-state index contributed by atoms with van der Waals surface area (Å²) in [6, 6.07) is 14.5. The van der Waals surface area contributed by atoms with Crippen LogP contribution < -0.4 is 5.32 Å². The van der Waals surface area contributed by atoms with Gasteiger partial charge in [-0.2, -0.15) is 0 Å². The van der Waals surface area contributed by atoms with Crippen molar-refractivity contribution < 1.29 is 29.3 Å². The number of amides is 1. The SMILES string of the molecule is CC(C)n1c(NC(=O)c2ccccc2)nc(-c2ccc(F)cc2)c1CCC(O)CC(O)CC(=O)O. The van der Waals surface area contributed by atoms with Crippen molar-refractivity contribution in [1.82, 2.24) is 9.55 Å². The second-order valence-electron chi connectivity index (χ2n) is 8.70. The highest BCUT2D eigenvalue weighted by Crippen LogP contribution is 2.31. The normalized spacial score (nSPS) is 13.0. The second-order valence-corrected chi connectivity index (χ2v) is 8.70. The first-order valence-corrected chi connectivity index (χ1v) is 11.5. The molecule has 9 heteroatoms. The Morgan fingerprint density at radius 3 is 2.29 bits per heavy atom. The number of carboxylic acid groups (broad SMARTS) is 1. The lowest BCUT2D eigenvalue weighted by atomic mass is 10.0. The van der Waals surface area contributed by atoms with Crippen molar-refractivity contribution in [2.24, 2.45) is 0 Å². The van der Waals surface area contributed by atoms with Crippen LogP contribution >= 0.6 is 0 Å². The number of aliphatic hydroxyl groups is 2. The van der Waals surface area contributed by atoms with Gasteiger partial charge in [-0.15, -0.1) is 0 Å². The van der Waals surface area contributed by atoms with Crippen molar-refractivity contribution in [2.75, 3.05) is 5.32 Å². The predicted octanol–water partition coefficient (Wildman–Crippen LogP) is 4.04. The molecule has 1 aromatic heterocycles. The number of carboxylic acids is 1. The number of rotatable bonds is 11. The number of aromatic nitrogens is 2. The van der Waals surface area contributed by atoms with Crippen LogP contribution in [0.3, 0.4) is 0 Å². The summed E-state index contributed by atoms with van der Waals surface area (Å²) < 4.78 is 15.4. The van der Waals surface area contributed by atoms with E-state index >= 15 is 0 Å². The number of halogens is 1. The summed E-state index contributed by atoms with van der Waals surface area (Å²) in [7, 11) is 0. The molecule has 8 nitrogen and oxygen atoms in total. The average molecular weight is 484 g/mol. The van der Waals surface area contributed by atoms with Crippen LogP contribution in [-0.4, -0.2) is 49.0 Å². The van der Waals surface area contributed by atoms with Crippen LogP contribution in [0.2, 0.25) is 0 Å². The average Bonchev–Trinajstić information content (AvgIpc) is 3.16. The number of aliphatic carboxylic acids is 1. The van der Waals surface area contributed by atoms with Gasteiger partial charge in [-0.25, -0.2) is 9.37 Å². The zero-order valence-electron chi connectivity index (χ0n) is 19.7. The van der Waals surface area contributed by atoms with Crippen LogP contribution in [-0.2, 0) is 11.2 Å². The Labute approximate surface area is 203 Å². The lowest BCUT2D eigenvalue weighted by Crippen LogP contribution is -2.22. The van der Waals surface area contributed by atoms with E-state index in [9.17, 15) is 24.2 Å². The molecule has 0 saturated heterocycles. The van der Waals surface area contributed by atoms with E-state index in [-0.39, 0.29) is 30.6 Å². The van der Waals surface area contributed by atoms with Crippen LogP contribution in [0.4, 0.5) is 10.3 Å². The maximum absolute atomic E-state index is 13.6. The largest absolute Gasteiger partial charge is 0.481 e. The number of anilines is 1. The molecular formula is C26H30FN3O5. The van der Waals surface area contributed by atoms with Gasteiger partial charge in [-0.1, -0.05) is 18.2 Å². The number of nitrogens with zero attached hydrogens (tertiary/aromatic N) is 2. The third-order valence-electron chi connectivity index (χ3n) is 5.57. The van der Waals surface area contributed by atoms with Gasteiger partial charge in [-0.05, 0) is 69.5 Å². The van der Waals surface area contributed by atoms with Gasteiger partial charge in [0, 0.05) is 22.9 Å². The Bertz CT molecular complexity index is 1150. The Hall–Kier alpha value is -3.56. The molecule has 0 saturated carbocycles. The summed E-state index contributed by atoms with van der Waals surface area (Å²) in [6.45, 7) is 3.87. The Morgan fingerprint density at radius 1 is 1.03 bits per heavy atom. The quantitative estimate of drug-likeness (QED) is 0.326. The van der Waals surface area contributed by atoms with Crippen LogP contribution in [0.25, 0.3) is 11.3 Å². The van der Waals surface area contributed by atoms with Gasteiger partial charge in [0.05, 0.1) is 24.3 Å². The number of carbonyl (C=O) groups is 2. The van der Waals surface area contributed by atoms with Gasteiger partial charge in [0.1, 0.15) is 5.82 Å². The fourth-order valence-corrected chi connectivity index (χ4v) is 3.97. The van der Waals surface area contributed by atoms with Crippen molar-refractivity contribution in [2.45, 2.75) is 57.8 Å². The first-order valence-electron chi connectivity index (χ1n) is 11.5. The van der Waals surface area contributed by atoms with Crippen LogP contribution in [0, 0.1) is 5.82 Å². The molecular weight excluding hydrogens is 453 g/mol. The molecule has 0 aliphatic rings. The highest BCUT2D eigenvalue weighted by Gasteiger charge is 2.24. The minimum absolute atomic E-state index is 0.0778. The standard InChI is InChI=1S/C26H30FN3O5/c1-16(2)30-22(13-12-20(31)14-21(32)15-23(33)34)24(17-8-10-19(27)11-9-17)28-26(30)29-25(35)18-6-4-3-5-7-18/h3-11,16,20-21,31-32H,12-15H2,1-2H3,(H,33,34)(H,28,29,35). The molecule has 1 heterocycles. The van der Waals surface area contributed by atoms with Crippen LogP contribution in [0.5, 0.6) is 0 Å². The molecule has 2 unspecified atom stereocenters. The molecule has 35 heavy (non-hydrogen) atoms. The van der Waals surface area contributed by atoms with Gasteiger partial charge in [-0.3, -0.25) is 14.9 Å². The fraction of sp³-hybridized carbons (Fsp3) is 0.346.